The summed E-state index contributed by atoms with van der Waals surface area (Å²) in [4.78, 5) is 22.2. The van der Waals surface area contributed by atoms with Crippen LogP contribution in [0.2, 0.25) is 0 Å². The molecule has 0 aromatic rings. The van der Waals surface area contributed by atoms with E-state index in [-0.39, 0.29) is 5.91 Å². The van der Waals surface area contributed by atoms with E-state index in [0.29, 0.717) is 6.54 Å². The summed E-state index contributed by atoms with van der Waals surface area (Å²) in [5.74, 6) is -1.48. The lowest BCUT2D eigenvalue weighted by atomic mass is 10.2. The van der Waals surface area contributed by atoms with Gasteiger partial charge in [-0.1, -0.05) is 19.8 Å². The molecular formula is C11H21NO4S. The molecule has 1 amide bonds. The van der Waals surface area contributed by atoms with Gasteiger partial charge in [0.2, 0.25) is 5.91 Å². The van der Waals surface area contributed by atoms with Crippen LogP contribution in [0.15, 0.2) is 0 Å². The summed E-state index contributed by atoms with van der Waals surface area (Å²) in [6.45, 7) is 5.45. The van der Waals surface area contributed by atoms with Crippen LogP contribution in [0.25, 0.3) is 0 Å². The summed E-state index contributed by atoms with van der Waals surface area (Å²) < 4.78 is 11.7. The van der Waals surface area contributed by atoms with Crippen molar-refractivity contribution in [1.82, 2.24) is 5.32 Å². The van der Waals surface area contributed by atoms with Crippen LogP contribution < -0.4 is 5.32 Å². The predicted molar refractivity (Wildman–Crippen MR) is 67.2 cm³/mol. The third-order valence-corrected chi connectivity index (χ3v) is 4.30. The highest BCUT2D eigenvalue weighted by Gasteiger charge is 2.28. The number of carbonyl (C=O) groups excluding carboxylic acids is 1. The fourth-order valence-corrected chi connectivity index (χ4v) is 2.35. The molecule has 5 nitrogen and oxygen atoms in total. The normalized spacial score (nSPS) is 15.9. The van der Waals surface area contributed by atoms with Gasteiger partial charge in [0.05, 0.1) is 0 Å². The number of nitrogens with one attached hydrogen (secondary N) is 1. The first-order chi connectivity index (χ1) is 7.91. The molecular weight excluding hydrogens is 242 g/mol. The molecule has 2 N–H and O–H groups in total. The maximum absolute atomic E-state index is 11.7. The Bertz CT molecular complexity index is 293. The van der Waals surface area contributed by atoms with Gasteiger partial charge in [-0.25, -0.2) is 0 Å². The number of hydrogen-bond donors (Lipinski definition) is 2. The topological polar surface area (TPSA) is 83.5 Å². The number of carboxylic acid groups (broad SMARTS) is 1. The predicted octanol–water partition coefficient (Wildman–Crippen LogP) is 0.903. The molecule has 0 aliphatic heterocycles. The van der Waals surface area contributed by atoms with Crippen LogP contribution >= 0.6 is 0 Å². The summed E-state index contributed by atoms with van der Waals surface area (Å²) in [7, 11) is -1.69. The first-order valence-corrected chi connectivity index (χ1v) is 7.09. The number of unbranched alkanes of at least 4 members (excludes halogenated alkanes) is 2. The minimum atomic E-state index is -1.69. The van der Waals surface area contributed by atoms with Gasteiger partial charge in [-0.2, -0.15) is 0 Å². The van der Waals surface area contributed by atoms with Gasteiger partial charge < -0.3 is 10.4 Å². The first kappa shape index (κ1) is 16.1. The van der Waals surface area contributed by atoms with E-state index in [1.807, 2.05) is 0 Å². The van der Waals surface area contributed by atoms with E-state index in [1.165, 1.54) is 13.8 Å². The summed E-state index contributed by atoms with van der Waals surface area (Å²) in [6.07, 6.45) is 2.98. The van der Waals surface area contributed by atoms with Crippen LogP contribution in [0.5, 0.6) is 0 Å². The largest absolute Gasteiger partial charge is 0.480 e. The van der Waals surface area contributed by atoms with Crippen LogP contribution in [-0.4, -0.2) is 38.2 Å². The Kier molecular flexibility index (Phi) is 7.78. The Hall–Kier alpha value is -0.910. The second kappa shape index (κ2) is 8.22. The van der Waals surface area contributed by atoms with Crippen LogP contribution in [0.4, 0.5) is 0 Å². The third-order valence-electron chi connectivity index (χ3n) is 2.49. The highest BCUT2D eigenvalue weighted by Crippen LogP contribution is 2.05. The lowest BCUT2D eigenvalue weighted by Crippen LogP contribution is -2.40. The second-order valence-corrected chi connectivity index (χ2v) is 6.02. The van der Waals surface area contributed by atoms with E-state index in [2.05, 4.69) is 12.2 Å². The molecule has 0 aromatic carbocycles. The summed E-state index contributed by atoms with van der Waals surface area (Å²) in [5.41, 5.74) is 0. The summed E-state index contributed by atoms with van der Waals surface area (Å²) in [6, 6.07) is 0. The maximum Gasteiger partial charge on any atom is 0.319 e. The molecule has 0 saturated carbocycles. The van der Waals surface area contributed by atoms with Crippen molar-refractivity contribution >= 4 is 22.7 Å². The van der Waals surface area contributed by atoms with Crippen molar-refractivity contribution in [1.29, 1.82) is 0 Å². The van der Waals surface area contributed by atoms with Crippen molar-refractivity contribution in [3.05, 3.63) is 0 Å². The van der Waals surface area contributed by atoms with E-state index in [4.69, 9.17) is 5.11 Å². The van der Waals surface area contributed by atoms with Gasteiger partial charge >= 0.3 is 5.97 Å². The van der Waals surface area contributed by atoms with Crippen LogP contribution in [0, 0.1) is 0 Å². The number of aliphatic carboxylic acids is 1. The van der Waals surface area contributed by atoms with Crippen molar-refractivity contribution in [2.45, 2.75) is 50.5 Å². The molecule has 6 heteroatoms. The minimum Gasteiger partial charge on any atom is -0.480 e. The van der Waals surface area contributed by atoms with Gasteiger partial charge in [0.1, 0.15) is 10.5 Å². The fraction of sp³-hybridized carbons (Fsp3) is 0.818. The molecule has 0 radical (unpaired) electrons. The van der Waals surface area contributed by atoms with Crippen molar-refractivity contribution < 1.29 is 18.9 Å². The van der Waals surface area contributed by atoms with Gasteiger partial charge in [-0.15, -0.1) is 0 Å². The molecule has 0 rings (SSSR count). The Morgan fingerprint density at radius 3 is 2.29 bits per heavy atom. The molecule has 3 unspecified atom stereocenters. The Morgan fingerprint density at radius 2 is 1.82 bits per heavy atom. The fourth-order valence-electron chi connectivity index (χ4n) is 1.24. The molecule has 100 valence electrons. The van der Waals surface area contributed by atoms with E-state index in [0.717, 1.165) is 19.3 Å². The van der Waals surface area contributed by atoms with Gasteiger partial charge in [0.15, 0.2) is 0 Å². The molecule has 0 heterocycles. The number of carboxylic acids is 1. The van der Waals surface area contributed by atoms with E-state index in [1.54, 1.807) is 0 Å². The number of hydrogen-bond acceptors (Lipinski definition) is 3. The Labute approximate surface area is 104 Å². The first-order valence-electron chi connectivity index (χ1n) is 5.81. The maximum atomic E-state index is 11.7. The molecule has 0 aliphatic rings. The molecule has 0 bridgehead atoms. The molecule has 3 atom stereocenters. The molecule has 0 aliphatic carbocycles. The highest BCUT2D eigenvalue weighted by atomic mass is 32.2. The SMILES string of the molecule is CCCCCNC(=O)C(C)S(=O)C(C)C(=O)O. The van der Waals surface area contributed by atoms with Gasteiger partial charge in [-0.05, 0) is 20.3 Å². The van der Waals surface area contributed by atoms with Crippen molar-refractivity contribution in [3.8, 4) is 0 Å². The number of carbonyl (C=O) groups is 2. The van der Waals surface area contributed by atoms with E-state index < -0.39 is 27.3 Å². The third kappa shape index (κ3) is 5.81. The summed E-state index contributed by atoms with van der Waals surface area (Å²) in [5, 5.41) is 9.56. The number of rotatable bonds is 8. The lowest BCUT2D eigenvalue weighted by Gasteiger charge is -2.14. The van der Waals surface area contributed by atoms with Crippen molar-refractivity contribution in [2.75, 3.05) is 6.54 Å². The monoisotopic (exact) mass is 263 g/mol. The second-order valence-electron chi connectivity index (χ2n) is 3.95. The Balaban J connectivity index is 4.12. The molecule has 0 aromatic heterocycles. The standard InChI is InChI=1S/C11H21NO4S/c1-4-5-6-7-12-10(13)8(2)17(16)9(3)11(14)15/h8-9H,4-7H2,1-3H3,(H,12,13)(H,14,15). The average molecular weight is 263 g/mol. The lowest BCUT2D eigenvalue weighted by molar-refractivity contribution is -0.136. The highest BCUT2D eigenvalue weighted by molar-refractivity contribution is 7.87. The minimum absolute atomic E-state index is 0.340. The van der Waals surface area contributed by atoms with Gasteiger partial charge in [-0.3, -0.25) is 13.8 Å². The zero-order valence-electron chi connectivity index (χ0n) is 10.6. The zero-order valence-corrected chi connectivity index (χ0v) is 11.4. The quantitative estimate of drug-likeness (QED) is 0.637. The Morgan fingerprint density at radius 1 is 1.24 bits per heavy atom. The van der Waals surface area contributed by atoms with Crippen molar-refractivity contribution in [2.24, 2.45) is 0 Å². The van der Waals surface area contributed by atoms with Crippen LogP contribution in [0.1, 0.15) is 40.0 Å². The van der Waals surface area contributed by atoms with Gasteiger partial charge in [0.25, 0.3) is 0 Å². The van der Waals surface area contributed by atoms with E-state index in [9.17, 15) is 13.8 Å². The van der Waals surface area contributed by atoms with Crippen molar-refractivity contribution in [3.63, 3.8) is 0 Å². The van der Waals surface area contributed by atoms with Gasteiger partial charge in [0, 0.05) is 17.3 Å². The average Bonchev–Trinajstić information content (AvgIpc) is 2.31. The molecule has 0 saturated heterocycles. The van der Waals surface area contributed by atoms with E-state index >= 15 is 0 Å². The van der Waals surface area contributed by atoms with Crippen LogP contribution in [-0.2, 0) is 20.4 Å². The molecule has 0 spiro atoms. The summed E-state index contributed by atoms with van der Waals surface area (Å²) >= 11 is 0. The molecule has 17 heavy (non-hydrogen) atoms. The number of amides is 1. The van der Waals surface area contributed by atoms with Crippen LogP contribution in [0.3, 0.4) is 0 Å². The smallest absolute Gasteiger partial charge is 0.319 e. The zero-order chi connectivity index (χ0) is 13.4. The molecule has 0 fully saturated rings.